The predicted octanol–water partition coefficient (Wildman–Crippen LogP) is 6.67. The van der Waals surface area contributed by atoms with Crippen molar-refractivity contribution in [3.05, 3.63) is 35.4 Å². The van der Waals surface area contributed by atoms with Crippen molar-refractivity contribution in [3.63, 3.8) is 0 Å². The summed E-state index contributed by atoms with van der Waals surface area (Å²) in [6.07, 6.45) is 17.6. The Morgan fingerprint density at radius 2 is 1.00 bits per heavy atom. The molecule has 0 bridgehead atoms. The zero-order valence-electron chi connectivity index (χ0n) is 18.0. The van der Waals surface area contributed by atoms with E-state index in [-0.39, 0.29) is 11.8 Å². The SMILES string of the molecule is O=C(NSC1CCCCCCC1)c1cccc(C(=O)NSC2CCCCCCC2)c1. The zero-order chi connectivity index (χ0) is 21.0. The van der Waals surface area contributed by atoms with Gasteiger partial charge in [-0.3, -0.25) is 19.0 Å². The third kappa shape index (κ3) is 8.18. The lowest BCUT2D eigenvalue weighted by Crippen LogP contribution is -2.23. The normalized spacial score (nSPS) is 19.7. The van der Waals surface area contributed by atoms with E-state index in [1.165, 1.54) is 89.9 Å². The van der Waals surface area contributed by atoms with Gasteiger partial charge in [-0.25, -0.2) is 0 Å². The minimum absolute atomic E-state index is 0.107. The quantitative estimate of drug-likeness (QED) is 0.477. The fourth-order valence-corrected chi connectivity index (χ4v) is 6.19. The fourth-order valence-electron chi connectivity index (χ4n) is 4.27. The van der Waals surface area contributed by atoms with Crippen LogP contribution in [0.3, 0.4) is 0 Å². The third-order valence-corrected chi connectivity index (χ3v) is 8.34. The molecule has 2 amide bonds. The van der Waals surface area contributed by atoms with E-state index < -0.39 is 0 Å². The van der Waals surface area contributed by atoms with Gasteiger partial charge in [-0.2, -0.15) is 0 Å². The summed E-state index contributed by atoms with van der Waals surface area (Å²) >= 11 is 3.13. The molecule has 4 nitrogen and oxygen atoms in total. The van der Waals surface area contributed by atoms with Gasteiger partial charge in [0, 0.05) is 21.6 Å². The number of rotatable bonds is 6. The molecule has 0 spiro atoms. The second-order valence-corrected chi connectivity index (χ2v) is 10.8. The first-order valence-corrected chi connectivity index (χ1v) is 13.5. The highest BCUT2D eigenvalue weighted by Crippen LogP contribution is 2.26. The average Bonchev–Trinajstić information content (AvgIpc) is 2.72. The van der Waals surface area contributed by atoms with Gasteiger partial charge in [-0.15, -0.1) is 0 Å². The van der Waals surface area contributed by atoms with Crippen molar-refractivity contribution in [2.45, 2.75) is 100 Å². The van der Waals surface area contributed by atoms with Crippen LogP contribution in [0.1, 0.15) is 111 Å². The maximum atomic E-state index is 12.6. The van der Waals surface area contributed by atoms with Crippen LogP contribution in [0, 0.1) is 0 Å². The number of nitrogens with one attached hydrogen (secondary N) is 2. The molecule has 30 heavy (non-hydrogen) atoms. The van der Waals surface area contributed by atoms with Crippen LogP contribution in [-0.4, -0.2) is 22.3 Å². The fraction of sp³-hybridized carbons (Fsp3) is 0.667. The van der Waals surface area contributed by atoms with Crippen molar-refractivity contribution in [1.82, 2.24) is 9.44 Å². The third-order valence-electron chi connectivity index (χ3n) is 6.13. The molecule has 2 aliphatic carbocycles. The molecule has 2 aliphatic rings. The predicted molar refractivity (Wildman–Crippen MR) is 129 cm³/mol. The molecule has 1 aromatic carbocycles. The van der Waals surface area contributed by atoms with Crippen LogP contribution in [-0.2, 0) is 0 Å². The number of carbonyl (C=O) groups excluding carboxylic acids is 2. The Morgan fingerprint density at radius 1 is 0.633 bits per heavy atom. The van der Waals surface area contributed by atoms with Crippen LogP contribution in [0.4, 0.5) is 0 Å². The molecule has 6 heteroatoms. The van der Waals surface area contributed by atoms with E-state index in [4.69, 9.17) is 0 Å². The average molecular weight is 449 g/mol. The molecule has 2 N–H and O–H groups in total. The Bertz CT molecular complexity index is 614. The minimum atomic E-state index is -0.107. The molecule has 2 fully saturated rings. The highest BCUT2D eigenvalue weighted by molar-refractivity contribution is 7.98. The van der Waals surface area contributed by atoms with Gasteiger partial charge < -0.3 is 0 Å². The number of hydrogen-bond acceptors (Lipinski definition) is 4. The second kappa shape index (κ2) is 13.3. The van der Waals surface area contributed by atoms with Crippen molar-refractivity contribution >= 4 is 35.7 Å². The van der Waals surface area contributed by atoms with Gasteiger partial charge in [0.15, 0.2) is 0 Å². The second-order valence-electron chi connectivity index (χ2n) is 8.61. The molecule has 2 saturated carbocycles. The first-order valence-electron chi connectivity index (χ1n) is 11.7. The molecular formula is C24H36N2O2S2. The van der Waals surface area contributed by atoms with Gasteiger partial charge in [0.2, 0.25) is 0 Å². The minimum Gasteiger partial charge on any atom is -0.296 e. The van der Waals surface area contributed by atoms with Crippen LogP contribution < -0.4 is 9.44 Å². The van der Waals surface area contributed by atoms with E-state index in [0.717, 1.165) is 0 Å². The largest absolute Gasteiger partial charge is 0.296 e. The lowest BCUT2D eigenvalue weighted by atomic mass is 10.0. The Hall–Kier alpha value is -1.14. The van der Waals surface area contributed by atoms with E-state index in [1.807, 2.05) is 0 Å². The van der Waals surface area contributed by atoms with Crippen molar-refractivity contribution in [3.8, 4) is 0 Å². The molecule has 0 saturated heterocycles. The Labute approximate surface area is 190 Å². The molecule has 0 unspecified atom stereocenters. The summed E-state index contributed by atoms with van der Waals surface area (Å²) in [7, 11) is 0. The van der Waals surface area contributed by atoms with Crippen molar-refractivity contribution in [2.24, 2.45) is 0 Å². The van der Waals surface area contributed by atoms with Crippen LogP contribution in [0.5, 0.6) is 0 Å². The van der Waals surface area contributed by atoms with Gasteiger partial charge in [0.1, 0.15) is 0 Å². The first kappa shape index (κ1) is 23.5. The Kier molecular flexibility index (Phi) is 10.4. The first-order chi connectivity index (χ1) is 14.7. The number of amides is 2. The molecule has 1 aromatic rings. The highest BCUT2D eigenvalue weighted by atomic mass is 32.2. The Morgan fingerprint density at radius 3 is 1.40 bits per heavy atom. The van der Waals surface area contributed by atoms with Crippen molar-refractivity contribution < 1.29 is 9.59 Å². The van der Waals surface area contributed by atoms with Crippen LogP contribution >= 0.6 is 23.9 Å². The maximum Gasteiger partial charge on any atom is 0.261 e. The van der Waals surface area contributed by atoms with Crippen LogP contribution in [0.15, 0.2) is 24.3 Å². The van der Waals surface area contributed by atoms with Gasteiger partial charge in [0.25, 0.3) is 11.8 Å². The summed E-state index contributed by atoms with van der Waals surface area (Å²) in [5.41, 5.74) is 1.11. The van der Waals surface area contributed by atoms with Crippen LogP contribution in [0.25, 0.3) is 0 Å². The molecule has 0 aliphatic heterocycles. The summed E-state index contributed by atoms with van der Waals surface area (Å²) in [6.45, 7) is 0. The van der Waals surface area contributed by atoms with Gasteiger partial charge in [0.05, 0.1) is 0 Å². The van der Waals surface area contributed by atoms with Gasteiger partial charge in [-0.05, 0) is 67.8 Å². The monoisotopic (exact) mass is 448 g/mol. The number of benzene rings is 1. The molecule has 0 atom stereocenters. The summed E-state index contributed by atoms with van der Waals surface area (Å²) in [6, 6.07) is 7.08. The number of hydrogen-bond donors (Lipinski definition) is 2. The zero-order valence-corrected chi connectivity index (χ0v) is 19.6. The number of carbonyl (C=O) groups is 2. The summed E-state index contributed by atoms with van der Waals surface area (Å²) < 4.78 is 6.04. The molecule has 0 aromatic heterocycles. The summed E-state index contributed by atoms with van der Waals surface area (Å²) in [5, 5.41) is 1.00. The van der Waals surface area contributed by atoms with Gasteiger partial charge >= 0.3 is 0 Å². The lowest BCUT2D eigenvalue weighted by Gasteiger charge is -2.19. The summed E-state index contributed by atoms with van der Waals surface area (Å²) in [4.78, 5) is 25.2. The van der Waals surface area contributed by atoms with Crippen molar-refractivity contribution in [2.75, 3.05) is 0 Å². The topological polar surface area (TPSA) is 58.2 Å². The molecule has 166 valence electrons. The lowest BCUT2D eigenvalue weighted by molar-refractivity contribution is 0.0983. The van der Waals surface area contributed by atoms with E-state index in [0.29, 0.717) is 21.6 Å². The van der Waals surface area contributed by atoms with E-state index in [2.05, 4.69) is 9.44 Å². The molecule has 0 heterocycles. The highest BCUT2D eigenvalue weighted by Gasteiger charge is 2.17. The molecule has 0 radical (unpaired) electrons. The van der Waals surface area contributed by atoms with E-state index in [1.54, 1.807) is 48.2 Å². The van der Waals surface area contributed by atoms with Crippen molar-refractivity contribution in [1.29, 1.82) is 0 Å². The molecular weight excluding hydrogens is 412 g/mol. The summed E-state index contributed by atoms with van der Waals surface area (Å²) in [5.74, 6) is -0.214. The molecule has 3 rings (SSSR count). The van der Waals surface area contributed by atoms with E-state index in [9.17, 15) is 9.59 Å². The maximum absolute atomic E-state index is 12.6. The van der Waals surface area contributed by atoms with Crippen LogP contribution in [0.2, 0.25) is 0 Å². The van der Waals surface area contributed by atoms with E-state index >= 15 is 0 Å². The Balaban J connectivity index is 1.47. The smallest absolute Gasteiger partial charge is 0.261 e. The standard InChI is InChI=1S/C24H36N2O2S2/c27-23(25-29-21-14-7-3-1-4-8-15-21)19-12-11-13-20(18-19)24(28)26-30-22-16-9-5-2-6-10-17-22/h11-13,18,21-22H,1-10,14-17H2,(H,25,27)(H,26,28). The van der Waals surface area contributed by atoms with Gasteiger partial charge in [-0.1, -0.05) is 70.3 Å².